The van der Waals surface area contributed by atoms with Crippen molar-refractivity contribution in [3.05, 3.63) is 84.7 Å². The zero-order valence-corrected chi connectivity index (χ0v) is 19.2. The van der Waals surface area contributed by atoms with Crippen molar-refractivity contribution in [3.63, 3.8) is 0 Å². The van der Waals surface area contributed by atoms with Crippen molar-refractivity contribution in [2.75, 3.05) is 16.4 Å². The lowest BCUT2D eigenvalue weighted by Crippen LogP contribution is -2.20. The minimum atomic E-state index is -4.67. The van der Waals surface area contributed by atoms with Crippen molar-refractivity contribution in [2.24, 2.45) is 7.05 Å². The number of rotatable bonds is 4. The van der Waals surface area contributed by atoms with E-state index in [-0.39, 0.29) is 0 Å². The van der Waals surface area contributed by atoms with Crippen molar-refractivity contribution >= 4 is 28.9 Å². The number of aromatic nitrogens is 4. The number of nitrogens with two attached hydrogens (primary N) is 1. The van der Waals surface area contributed by atoms with Gasteiger partial charge < -0.3 is 16.4 Å². The summed E-state index contributed by atoms with van der Waals surface area (Å²) in [5.74, 6) is -0.535. The molecule has 0 fully saturated rings. The standard InChI is InChI=1S/C25H19F4N7O/c1-35-13-15(11-32-35)18-8-9-36-22(30)19(12-31-23(18)36)14-2-5-17(6-3-14)33-24(37)34-21-10-16(25(27,28)29)4-7-20(21)26/h2-13H,30H2,1H3,(H2,33,34,37). The van der Waals surface area contributed by atoms with E-state index in [1.165, 1.54) is 0 Å². The quantitative estimate of drug-likeness (QED) is 0.267. The van der Waals surface area contributed by atoms with Gasteiger partial charge in [-0.2, -0.15) is 18.3 Å². The number of nitrogen functional groups attached to an aromatic ring is 1. The SMILES string of the molecule is Cn1cc(-c2ccn3c(N)c(-c4ccc(NC(=O)Nc5cc(C(F)(F)F)ccc5F)cc4)cnc23)cn1. The molecule has 4 N–H and O–H groups in total. The van der Waals surface area contributed by atoms with Gasteiger partial charge in [-0.15, -0.1) is 0 Å². The predicted octanol–water partition coefficient (Wildman–Crippen LogP) is 5.79. The van der Waals surface area contributed by atoms with Crippen molar-refractivity contribution in [3.8, 4) is 22.3 Å². The zero-order valence-electron chi connectivity index (χ0n) is 19.2. The summed E-state index contributed by atoms with van der Waals surface area (Å²) in [6.07, 6.45) is 2.42. The van der Waals surface area contributed by atoms with Crippen molar-refractivity contribution in [2.45, 2.75) is 6.18 Å². The van der Waals surface area contributed by atoms with Gasteiger partial charge in [0.25, 0.3) is 0 Å². The number of carbonyl (C=O) groups is 1. The van der Waals surface area contributed by atoms with Crippen LogP contribution in [0.3, 0.4) is 0 Å². The van der Waals surface area contributed by atoms with Crippen LogP contribution in [0.1, 0.15) is 5.56 Å². The fourth-order valence-corrected chi connectivity index (χ4v) is 3.89. The second kappa shape index (κ2) is 8.97. The number of anilines is 3. The zero-order chi connectivity index (χ0) is 26.3. The Hall–Kier alpha value is -4.87. The molecule has 12 heteroatoms. The molecule has 8 nitrogen and oxygen atoms in total. The molecule has 0 aliphatic rings. The topological polar surface area (TPSA) is 102 Å². The Bertz CT molecular complexity index is 1620. The third-order valence-electron chi connectivity index (χ3n) is 5.72. The third-order valence-corrected chi connectivity index (χ3v) is 5.72. The van der Waals surface area contributed by atoms with Gasteiger partial charge >= 0.3 is 12.2 Å². The predicted molar refractivity (Wildman–Crippen MR) is 131 cm³/mol. The lowest BCUT2D eigenvalue weighted by molar-refractivity contribution is -0.137. The number of nitrogens with zero attached hydrogens (tertiary/aromatic N) is 4. The molecular formula is C25H19F4N7O. The molecular weight excluding hydrogens is 490 g/mol. The van der Waals surface area contributed by atoms with Crippen LogP contribution in [0.5, 0.6) is 0 Å². The molecule has 5 rings (SSSR count). The van der Waals surface area contributed by atoms with Crippen molar-refractivity contribution in [1.82, 2.24) is 19.2 Å². The number of nitrogens with one attached hydrogen (secondary N) is 2. The Morgan fingerprint density at radius 3 is 2.41 bits per heavy atom. The molecule has 2 amide bonds. The average molecular weight is 509 g/mol. The van der Waals surface area contributed by atoms with Gasteiger partial charge in [-0.05, 0) is 42.0 Å². The van der Waals surface area contributed by atoms with E-state index in [0.717, 1.165) is 16.7 Å². The smallest absolute Gasteiger partial charge is 0.384 e. The number of benzene rings is 2. The number of alkyl halides is 3. The molecule has 0 aliphatic carbocycles. The molecule has 3 heterocycles. The van der Waals surface area contributed by atoms with Gasteiger partial charge in [-0.3, -0.25) is 9.08 Å². The summed E-state index contributed by atoms with van der Waals surface area (Å²) in [6.45, 7) is 0. The van der Waals surface area contributed by atoms with E-state index < -0.39 is 29.3 Å². The number of carbonyl (C=O) groups excluding carboxylic acids is 1. The van der Waals surface area contributed by atoms with E-state index in [4.69, 9.17) is 5.73 Å². The van der Waals surface area contributed by atoms with E-state index in [9.17, 15) is 22.4 Å². The molecule has 0 bridgehead atoms. The minimum absolute atomic E-state index is 0.334. The van der Waals surface area contributed by atoms with Gasteiger partial charge in [-0.25, -0.2) is 14.2 Å². The third kappa shape index (κ3) is 4.68. The summed E-state index contributed by atoms with van der Waals surface area (Å²) in [5.41, 5.74) is 8.92. The molecule has 37 heavy (non-hydrogen) atoms. The van der Waals surface area contributed by atoms with Crippen LogP contribution in [0.4, 0.5) is 39.5 Å². The van der Waals surface area contributed by atoms with E-state index in [1.807, 2.05) is 25.5 Å². The molecule has 0 spiro atoms. The first-order valence-electron chi connectivity index (χ1n) is 10.9. The molecule has 3 aromatic heterocycles. The van der Waals surface area contributed by atoms with Crippen LogP contribution in [0, 0.1) is 5.82 Å². The van der Waals surface area contributed by atoms with Crippen LogP contribution in [-0.2, 0) is 13.2 Å². The Kier molecular flexibility index (Phi) is 5.78. The van der Waals surface area contributed by atoms with Crippen LogP contribution < -0.4 is 16.4 Å². The number of aryl methyl sites for hydroxylation is 1. The first-order valence-corrected chi connectivity index (χ1v) is 10.9. The van der Waals surface area contributed by atoms with Gasteiger partial charge in [-0.1, -0.05) is 12.1 Å². The molecule has 0 saturated carbocycles. The van der Waals surface area contributed by atoms with Gasteiger partial charge in [0.15, 0.2) is 0 Å². The number of amides is 2. The summed E-state index contributed by atoms with van der Waals surface area (Å²) >= 11 is 0. The van der Waals surface area contributed by atoms with Crippen molar-refractivity contribution < 1.29 is 22.4 Å². The van der Waals surface area contributed by atoms with Gasteiger partial charge in [0, 0.05) is 48.0 Å². The monoisotopic (exact) mass is 509 g/mol. The van der Waals surface area contributed by atoms with E-state index in [2.05, 4.69) is 20.7 Å². The summed E-state index contributed by atoms with van der Waals surface area (Å²) in [4.78, 5) is 16.8. The maximum absolute atomic E-state index is 13.9. The highest BCUT2D eigenvalue weighted by molar-refractivity contribution is 6.00. The molecule has 5 aromatic rings. The fourth-order valence-electron chi connectivity index (χ4n) is 3.89. The number of fused-ring (bicyclic) bond motifs is 1. The summed E-state index contributed by atoms with van der Waals surface area (Å²) in [5, 5.41) is 8.75. The number of hydrogen-bond acceptors (Lipinski definition) is 4. The number of halogens is 4. The van der Waals surface area contributed by atoms with E-state index in [1.54, 1.807) is 45.7 Å². The first kappa shape index (κ1) is 23.9. The van der Waals surface area contributed by atoms with E-state index in [0.29, 0.717) is 40.9 Å². The van der Waals surface area contributed by atoms with Gasteiger partial charge in [0.05, 0.1) is 17.4 Å². The van der Waals surface area contributed by atoms with Crippen LogP contribution in [-0.4, -0.2) is 25.2 Å². The molecule has 0 aliphatic heterocycles. The summed E-state index contributed by atoms with van der Waals surface area (Å²) < 4.78 is 56.0. The summed E-state index contributed by atoms with van der Waals surface area (Å²) in [6, 6.07) is 9.34. The van der Waals surface area contributed by atoms with E-state index >= 15 is 0 Å². The highest BCUT2D eigenvalue weighted by atomic mass is 19.4. The van der Waals surface area contributed by atoms with Gasteiger partial charge in [0.1, 0.15) is 17.3 Å². The molecule has 188 valence electrons. The van der Waals surface area contributed by atoms with Crippen LogP contribution in [0.15, 0.2) is 73.3 Å². The maximum Gasteiger partial charge on any atom is 0.416 e. The maximum atomic E-state index is 13.9. The highest BCUT2D eigenvalue weighted by Crippen LogP contribution is 2.33. The molecule has 0 atom stereocenters. The summed E-state index contributed by atoms with van der Waals surface area (Å²) in [7, 11) is 1.83. The normalized spacial score (nSPS) is 11.6. The second-order valence-corrected chi connectivity index (χ2v) is 8.23. The Labute approximate surface area is 207 Å². The fraction of sp³-hybridized carbons (Fsp3) is 0.0800. The number of hydrogen-bond donors (Lipinski definition) is 3. The molecule has 0 saturated heterocycles. The Morgan fingerprint density at radius 2 is 1.73 bits per heavy atom. The molecule has 2 aromatic carbocycles. The Morgan fingerprint density at radius 1 is 0.973 bits per heavy atom. The van der Waals surface area contributed by atoms with Crippen LogP contribution in [0.25, 0.3) is 27.9 Å². The van der Waals surface area contributed by atoms with Crippen LogP contribution in [0.2, 0.25) is 0 Å². The average Bonchev–Trinajstić information content (AvgIpc) is 3.47. The van der Waals surface area contributed by atoms with Gasteiger partial charge in [0.2, 0.25) is 0 Å². The lowest BCUT2D eigenvalue weighted by atomic mass is 10.1. The number of urea groups is 1. The Balaban J connectivity index is 1.33. The lowest BCUT2D eigenvalue weighted by Gasteiger charge is -2.12. The molecule has 0 unspecified atom stereocenters. The van der Waals surface area contributed by atoms with Crippen molar-refractivity contribution in [1.29, 1.82) is 0 Å². The highest BCUT2D eigenvalue weighted by Gasteiger charge is 2.31. The van der Waals surface area contributed by atoms with Crippen LogP contribution >= 0.6 is 0 Å². The first-order chi connectivity index (χ1) is 17.6. The second-order valence-electron chi connectivity index (χ2n) is 8.23. The minimum Gasteiger partial charge on any atom is -0.384 e. The molecule has 0 radical (unpaired) electrons. The largest absolute Gasteiger partial charge is 0.416 e.